The minimum atomic E-state index is -3.38. The Balaban J connectivity index is 2.21. The molecule has 0 saturated heterocycles. The van der Waals surface area contributed by atoms with E-state index in [0.717, 1.165) is 22.2 Å². The summed E-state index contributed by atoms with van der Waals surface area (Å²) >= 11 is 2.62. The third-order valence-electron chi connectivity index (χ3n) is 2.55. The van der Waals surface area contributed by atoms with Gasteiger partial charge < -0.3 is 11.1 Å². The third-order valence-corrected chi connectivity index (χ3v) is 6.31. The first-order valence-corrected chi connectivity index (χ1v) is 9.37. The number of thiazole rings is 1. The summed E-state index contributed by atoms with van der Waals surface area (Å²) in [5.41, 5.74) is 6.57. The number of nitrogens with one attached hydrogen (secondary N) is 1. The molecule has 9 heteroatoms. The fourth-order valence-corrected chi connectivity index (χ4v) is 4.97. The van der Waals surface area contributed by atoms with Crippen LogP contribution in [0.25, 0.3) is 0 Å². The second-order valence-corrected chi connectivity index (χ2v) is 8.14. The van der Waals surface area contributed by atoms with Gasteiger partial charge in [-0.15, -0.1) is 11.3 Å². The van der Waals surface area contributed by atoms with E-state index in [4.69, 9.17) is 5.73 Å². The molecule has 0 aliphatic heterocycles. The number of hydrogen-bond acceptors (Lipinski definition) is 8. The van der Waals surface area contributed by atoms with E-state index in [1.165, 1.54) is 0 Å². The van der Waals surface area contributed by atoms with E-state index in [2.05, 4.69) is 14.7 Å². The maximum atomic E-state index is 12.2. The third kappa shape index (κ3) is 3.28. The summed E-state index contributed by atoms with van der Waals surface area (Å²) in [6.07, 6.45) is 0.544. The molecule has 0 amide bonds. The van der Waals surface area contributed by atoms with Crippen molar-refractivity contribution in [2.75, 3.05) is 16.8 Å². The lowest BCUT2D eigenvalue weighted by Gasteiger charge is -2.06. The maximum absolute atomic E-state index is 12.2. The van der Waals surface area contributed by atoms with Gasteiger partial charge in [-0.1, -0.05) is 6.92 Å². The minimum Gasteiger partial charge on any atom is -0.382 e. The van der Waals surface area contributed by atoms with Crippen molar-refractivity contribution >= 4 is 43.5 Å². The summed E-state index contributed by atoms with van der Waals surface area (Å²) in [5, 5.41) is 6.47. The molecule has 0 aromatic carbocycles. The van der Waals surface area contributed by atoms with Gasteiger partial charge in [0.05, 0.1) is 23.0 Å². The molecule has 0 atom stereocenters. The second kappa shape index (κ2) is 6.06. The lowest BCUT2D eigenvalue weighted by atomic mass is 10.5. The monoisotopic (exact) mass is 332 g/mol. The normalized spacial score (nSPS) is 11.7. The SMILES string of the molecule is CCCS(=O)(=O)c1c(N)nsc1NCc1csc(C)n1. The molecule has 110 valence electrons. The Morgan fingerprint density at radius 2 is 2.20 bits per heavy atom. The van der Waals surface area contributed by atoms with Crippen molar-refractivity contribution in [3.05, 3.63) is 16.1 Å². The number of nitrogens with two attached hydrogens (primary N) is 1. The van der Waals surface area contributed by atoms with E-state index >= 15 is 0 Å². The fourth-order valence-electron chi connectivity index (χ4n) is 1.74. The molecule has 0 bridgehead atoms. The van der Waals surface area contributed by atoms with Gasteiger partial charge in [0.25, 0.3) is 0 Å². The van der Waals surface area contributed by atoms with Crippen LogP contribution in [-0.2, 0) is 16.4 Å². The summed E-state index contributed by atoms with van der Waals surface area (Å²) in [7, 11) is -3.38. The molecular formula is C11H16N4O2S3. The molecule has 2 aromatic heterocycles. The van der Waals surface area contributed by atoms with Gasteiger partial charge in [-0.05, 0) is 24.9 Å². The summed E-state index contributed by atoms with van der Waals surface area (Å²) < 4.78 is 28.3. The van der Waals surface area contributed by atoms with Crippen molar-refractivity contribution in [1.29, 1.82) is 0 Å². The van der Waals surface area contributed by atoms with Crippen LogP contribution in [0.3, 0.4) is 0 Å². The van der Waals surface area contributed by atoms with Crippen molar-refractivity contribution in [2.45, 2.75) is 31.7 Å². The Kier molecular flexibility index (Phi) is 4.61. The topological polar surface area (TPSA) is 98.0 Å². The minimum absolute atomic E-state index is 0.0695. The first-order valence-electron chi connectivity index (χ1n) is 6.07. The highest BCUT2D eigenvalue weighted by Crippen LogP contribution is 2.32. The van der Waals surface area contributed by atoms with Crippen molar-refractivity contribution in [3.63, 3.8) is 0 Å². The Hall–Kier alpha value is -1.19. The van der Waals surface area contributed by atoms with Crippen LogP contribution < -0.4 is 11.1 Å². The number of anilines is 2. The quantitative estimate of drug-likeness (QED) is 0.842. The molecule has 0 radical (unpaired) electrons. The average Bonchev–Trinajstić information content (AvgIpc) is 2.93. The Morgan fingerprint density at radius 3 is 2.80 bits per heavy atom. The number of sulfone groups is 1. The predicted molar refractivity (Wildman–Crippen MR) is 83.0 cm³/mol. The highest BCUT2D eigenvalue weighted by atomic mass is 32.2. The highest BCUT2D eigenvalue weighted by molar-refractivity contribution is 7.91. The largest absolute Gasteiger partial charge is 0.382 e. The summed E-state index contributed by atoms with van der Waals surface area (Å²) in [6.45, 7) is 4.20. The Labute approximate surface area is 126 Å². The molecule has 0 unspecified atom stereocenters. The van der Waals surface area contributed by atoms with Crippen LogP contribution in [0.1, 0.15) is 24.0 Å². The van der Waals surface area contributed by atoms with Gasteiger partial charge in [0, 0.05) is 5.38 Å². The molecule has 2 heterocycles. The van der Waals surface area contributed by atoms with E-state index in [0.29, 0.717) is 18.0 Å². The standard InChI is InChI=1S/C11H16N4O2S3/c1-3-4-20(16,17)9-10(12)15-19-11(9)13-5-8-6-18-7(2)14-8/h6,13H,3-5H2,1-2H3,(H2,12,15). The lowest BCUT2D eigenvalue weighted by molar-refractivity contribution is 0.595. The molecule has 0 spiro atoms. The number of rotatable bonds is 6. The summed E-state index contributed by atoms with van der Waals surface area (Å²) in [4.78, 5) is 4.44. The zero-order valence-electron chi connectivity index (χ0n) is 11.2. The van der Waals surface area contributed by atoms with Gasteiger partial charge in [-0.2, -0.15) is 4.37 Å². The van der Waals surface area contributed by atoms with Crippen LogP contribution in [0.4, 0.5) is 10.8 Å². The number of aromatic nitrogens is 2. The van der Waals surface area contributed by atoms with E-state index in [1.807, 2.05) is 19.2 Å². The molecule has 3 N–H and O–H groups in total. The van der Waals surface area contributed by atoms with Crippen LogP contribution in [-0.4, -0.2) is 23.5 Å². The van der Waals surface area contributed by atoms with Crippen LogP contribution >= 0.6 is 22.9 Å². The highest BCUT2D eigenvalue weighted by Gasteiger charge is 2.24. The molecule has 0 fully saturated rings. The van der Waals surface area contributed by atoms with Crippen molar-refractivity contribution in [1.82, 2.24) is 9.36 Å². The zero-order valence-corrected chi connectivity index (χ0v) is 13.7. The summed E-state index contributed by atoms with van der Waals surface area (Å²) in [5.74, 6) is 0.139. The van der Waals surface area contributed by atoms with Gasteiger partial charge in [-0.3, -0.25) is 0 Å². The molecular weight excluding hydrogens is 316 g/mol. The molecule has 0 aliphatic rings. The number of nitrogen functional groups attached to an aromatic ring is 1. The number of hydrogen-bond donors (Lipinski definition) is 2. The van der Waals surface area contributed by atoms with Crippen molar-refractivity contribution < 1.29 is 8.42 Å². The van der Waals surface area contributed by atoms with E-state index in [1.54, 1.807) is 11.3 Å². The fraction of sp³-hybridized carbons (Fsp3) is 0.455. The van der Waals surface area contributed by atoms with Crippen molar-refractivity contribution in [3.8, 4) is 0 Å². The summed E-state index contributed by atoms with van der Waals surface area (Å²) in [6, 6.07) is 0. The van der Waals surface area contributed by atoms with Crippen LogP contribution in [0.15, 0.2) is 10.3 Å². The molecule has 6 nitrogen and oxygen atoms in total. The first kappa shape index (κ1) is 15.2. The Morgan fingerprint density at radius 1 is 1.45 bits per heavy atom. The molecule has 0 saturated carbocycles. The van der Waals surface area contributed by atoms with Crippen LogP contribution in [0.2, 0.25) is 0 Å². The second-order valence-electron chi connectivity index (χ2n) is 4.26. The van der Waals surface area contributed by atoms with Crippen molar-refractivity contribution in [2.24, 2.45) is 0 Å². The van der Waals surface area contributed by atoms with Crippen LogP contribution in [0, 0.1) is 6.92 Å². The smallest absolute Gasteiger partial charge is 0.185 e. The molecule has 20 heavy (non-hydrogen) atoms. The number of aryl methyl sites for hydroxylation is 1. The molecule has 2 rings (SSSR count). The number of nitrogens with zero attached hydrogens (tertiary/aromatic N) is 2. The van der Waals surface area contributed by atoms with E-state index in [-0.39, 0.29) is 16.5 Å². The predicted octanol–water partition coefficient (Wildman–Crippen LogP) is 2.29. The molecule has 2 aromatic rings. The maximum Gasteiger partial charge on any atom is 0.185 e. The average molecular weight is 332 g/mol. The Bertz CT molecular complexity index is 690. The zero-order chi connectivity index (χ0) is 14.8. The van der Waals surface area contributed by atoms with Gasteiger partial charge in [-0.25, -0.2) is 13.4 Å². The van der Waals surface area contributed by atoms with Crippen LogP contribution in [0.5, 0.6) is 0 Å². The van der Waals surface area contributed by atoms with Gasteiger partial charge in [0.2, 0.25) is 0 Å². The lowest BCUT2D eigenvalue weighted by Crippen LogP contribution is -2.10. The van der Waals surface area contributed by atoms with Gasteiger partial charge in [0.15, 0.2) is 15.7 Å². The van der Waals surface area contributed by atoms with Gasteiger partial charge in [0.1, 0.15) is 9.90 Å². The molecule has 0 aliphatic carbocycles. The van der Waals surface area contributed by atoms with Gasteiger partial charge >= 0.3 is 0 Å². The van der Waals surface area contributed by atoms with E-state index in [9.17, 15) is 8.42 Å². The first-order chi connectivity index (χ1) is 9.44. The van der Waals surface area contributed by atoms with E-state index < -0.39 is 9.84 Å².